The molecular formula is C19H26N2O2. The zero-order valence-electron chi connectivity index (χ0n) is 13.6. The highest BCUT2D eigenvalue weighted by Gasteiger charge is 2.36. The highest BCUT2D eigenvalue weighted by Crippen LogP contribution is 2.34. The van der Waals surface area contributed by atoms with Gasteiger partial charge >= 0.3 is 0 Å². The number of nitrogens with one attached hydrogen (secondary N) is 1. The van der Waals surface area contributed by atoms with Crippen LogP contribution in [0.25, 0.3) is 10.9 Å². The van der Waals surface area contributed by atoms with Gasteiger partial charge in [-0.1, -0.05) is 18.9 Å². The van der Waals surface area contributed by atoms with Crippen LogP contribution in [-0.2, 0) is 0 Å². The molecule has 1 atom stereocenters. The topological polar surface area (TPSA) is 48.5 Å². The van der Waals surface area contributed by atoms with E-state index >= 15 is 0 Å². The molecule has 0 saturated heterocycles. The van der Waals surface area contributed by atoms with E-state index in [-0.39, 0.29) is 0 Å². The monoisotopic (exact) mass is 314 g/mol. The number of aliphatic hydroxyl groups excluding tert-OH is 1. The average molecular weight is 314 g/mol. The second-order valence-corrected chi connectivity index (χ2v) is 7.03. The van der Waals surface area contributed by atoms with Crippen molar-refractivity contribution in [3.63, 3.8) is 0 Å². The molecule has 2 aliphatic carbocycles. The van der Waals surface area contributed by atoms with Gasteiger partial charge in [0.1, 0.15) is 18.5 Å². The number of fused-ring (bicyclic) bond motifs is 1. The summed E-state index contributed by atoms with van der Waals surface area (Å²) < 4.78 is 5.91. The van der Waals surface area contributed by atoms with Crippen molar-refractivity contribution in [3.8, 4) is 5.75 Å². The van der Waals surface area contributed by atoms with Crippen molar-refractivity contribution in [2.75, 3.05) is 13.2 Å². The van der Waals surface area contributed by atoms with Gasteiger partial charge in [-0.05, 0) is 43.9 Å². The highest BCUT2D eigenvalue weighted by molar-refractivity contribution is 5.85. The minimum atomic E-state index is -0.426. The zero-order valence-corrected chi connectivity index (χ0v) is 13.6. The van der Waals surface area contributed by atoms with Gasteiger partial charge in [-0.2, -0.15) is 0 Å². The molecule has 2 N–H and O–H groups in total. The van der Waals surface area contributed by atoms with Gasteiger partial charge in [0.15, 0.2) is 0 Å². The van der Waals surface area contributed by atoms with E-state index in [0.29, 0.717) is 18.7 Å². The molecule has 23 heavy (non-hydrogen) atoms. The number of nitrogens with zero attached hydrogens (tertiary/aromatic N) is 1. The minimum Gasteiger partial charge on any atom is -0.490 e. The second-order valence-electron chi connectivity index (χ2n) is 7.03. The van der Waals surface area contributed by atoms with E-state index in [0.717, 1.165) is 23.2 Å². The SMILES string of the molecule is OC(COc1cccc2[nH]ccc12)CN(C1CCCC1)C1CC1. The predicted molar refractivity (Wildman–Crippen MR) is 91.8 cm³/mol. The molecule has 1 aromatic heterocycles. The molecule has 1 aromatic carbocycles. The largest absolute Gasteiger partial charge is 0.490 e. The smallest absolute Gasteiger partial charge is 0.128 e. The summed E-state index contributed by atoms with van der Waals surface area (Å²) in [7, 11) is 0. The number of aromatic nitrogens is 1. The van der Waals surface area contributed by atoms with E-state index in [4.69, 9.17) is 4.74 Å². The van der Waals surface area contributed by atoms with Gasteiger partial charge in [0.2, 0.25) is 0 Å². The number of benzene rings is 1. The van der Waals surface area contributed by atoms with Gasteiger partial charge in [0.05, 0.1) is 0 Å². The molecule has 1 unspecified atom stereocenters. The number of aliphatic hydroxyl groups is 1. The summed E-state index contributed by atoms with van der Waals surface area (Å²) in [5, 5.41) is 11.5. The van der Waals surface area contributed by atoms with Crippen molar-refractivity contribution in [1.29, 1.82) is 0 Å². The van der Waals surface area contributed by atoms with Gasteiger partial charge < -0.3 is 14.8 Å². The van der Waals surface area contributed by atoms with Crippen molar-refractivity contribution >= 4 is 10.9 Å². The molecule has 4 heteroatoms. The van der Waals surface area contributed by atoms with E-state index < -0.39 is 6.10 Å². The van der Waals surface area contributed by atoms with E-state index in [1.165, 1.54) is 38.5 Å². The summed E-state index contributed by atoms with van der Waals surface area (Å²) >= 11 is 0. The summed E-state index contributed by atoms with van der Waals surface area (Å²) in [6.07, 6.45) is 9.37. The van der Waals surface area contributed by atoms with Crippen LogP contribution in [0.3, 0.4) is 0 Å². The van der Waals surface area contributed by atoms with E-state index in [1.807, 2.05) is 30.5 Å². The molecule has 0 spiro atoms. The molecule has 1 heterocycles. The van der Waals surface area contributed by atoms with Crippen LogP contribution in [0, 0.1) is 0 Å². The van der Waals surface area contributed by atoms with Crippen molar-refractivity contribution in [1.82, 2.24) is 9.88 Å². The van der Waals surface area contributed by atoms with Crippen molar-refractivity contribution in [2.45, 2.75) is 56.7 Å². The Morgan fingerprint density at radius 2 is 1.91 bits per heavy atom. The lowest BCUT2D eigenvalue weighted by molar-refractivity contribution is 0.0494. The van der Waals surface area contributed by atoms with Gasteiger partial charge in [-0.15, -0.1) is 0 Å². The molecular weight excluding hydrogens is 288 g/mol. The number of H-pyrrole nitrogens is 1. The lowest BCUT2D eigenvalue weighted by atomic mass is 10.2. The van der Waals surface area contributed by atoms with Crippen LogP contribution in [0.1, 0.15) is 38.5 Å². The van der Waals surface area contributed by atoms with Crippen molar-refractivity contribution < 1.29 is 9.84 Å². The maximum Gasteiger partial charge on any atom is 0.128 e. The number of hydrogen-bond acceptors (Lipinski definition) is 3. The molecule has 0 amide bonds. The number of rotatable bonds is 7. The fraction of sp³-hybridized carbons (Fsp3) is 0.579. The van der Waals surface area contributed by atoms with Crippen LogP contribution in [0.4, 0.5) is 0 Å². The first-order valence-corrected chi connectivity index (χ1v) is 8.94. The van der Waals surface area contributed by atoms with Crippen LogP contribution in [0.5, 0.6) is 5.75 Å². The maximum atomic E-state index is 10.5. The zero-order chi connectivity index (χ0) is 15.6. The normalized spacial score (nSPS) is 20.4. The number of ether oxygens (including phenoxy) is 1. The fourth-order valence-corrected chi connectivity index (χ4v) is 3.90. The second kappa shape index (κ2) is 6.54. The van der Waals surface area contributed by atoms with Crippen LogP contribution in [0.15, 0.2) is 30.5 Å². The van der Waals surface area contributed by atoms with Crippen LogP contribution in [-0.4, -0.2) is 46.3 Å². The fourth-order valence-electron chi connectivity index (χ4n) is 3.90. The lowest BCUT2D eigenvalue weighted by Crippen LogP contribution is -2.42. The summed E-state index contributed by atoms with van der Waals surface area (Å²) in [4.78, 5) is 5.74. The Kier molecular flexibility index (Phi) is 4.27. The predicted octanol–water partition coefficient (Wildman–Crippen LogP) is 3.31. The minimum absolute atomic E-state index is 0.361. The first kappa shape index (κ1) is 15.0. The molecule has 2 aliphatic rings. The summed E-state index contributed by atoms with van der Waals surface area (Å²) in [6.45, 7) is 1.11. The Hall–Kier alpha value is -1.52. The van der Waals surface area contributed by atoms with Gasteiger partial charge in [-0.3, -0.25) is 4.90 Å². The number of hydrogen-bond donors (Lipinski definition) is 2. The van der Waals surface area contributed by atoms with Crippen LogP contribution in [0.2, 0.25) is 0 Å². The molecule has 4 nitrogen and oxygen atoms in total. The molecule has 2 saturated carbocycles. The lowest BCUT2D eigenvalue weighted by Gasteiger charge is -2.30. The standard InChI is InChI=1S/C19H26N2O2/c22-16(12-21(15-8-9-15)14-4-1-2-5-14)13-23-19-7-3-6-18-17(19)10-11-20-18/h3,6-7,10-11,14-16,20,22H,1-2,4-5,8-9,12-13H2. The third kappa shape index (κ3) is 3.38. The molecule has 124 valence electrons. The van der Waals surface area contributed by atoms with Crippen LogP contribution < -0.4 is 4.74 Å². The quantitative estimate of drug-likeness (QED) is 0.824. The third-order valence-corrected chi connectivity index (χ3v) is 5.22. The average Bonchev–Trinajstić information content (AvgIpc) is 3.06. The number of aromatic amines is 1. The molecule has 0 radical (unpaired) electrons. The molecule has 0 aliphatic heterocycles. The van der Waals surface area contributed by atoms with Crippen molar-refractivity contribution in [2.24, 2.45) is 0 Å². The third-order valence-electron chi connectivity index (χ3n) is 5.22. The van der Waals surface area contributed by atoms with Gasteiger partial charge in [0.25, 0.3) is 0 Å². The maximum absolute atomic E-state index is 10.5. The first-order valence-electron chi connectivity index (χ1n) is 8.94. The van der Waals surface area contributed by atoms with E-state index in [2.05, 4.69) is 9.88 Å². The summed E-state index contributed by atoms with van der Waals surface area (Å²) in [5.41, 5.74) is 1.07. The first-order chi connectivity index (χ1) is 11.3. The Bertz CT molecular complexity index is 644. The summed E-state index contributed by atoms with van der Waals surface area (Å²) in [6, 6.07) is 9.40. The van der Waals surface area contributed by atoms with Gasteiger partial charge in [-0.25, -0.2) is 0 Å². The van der Waals surface area contributed by atoms with E-state index in [9.17, 15) is 5.11 Å². The van der Waals surface area contributed by atoms with Gasteiger partial charge in [0, 0.05) is 35.7 Å². The molecule has 2 aromatic rings. The Morgan fingerprint density at radius 1 is 1.13 bits per heavy atom. The molecule has 2 fully saturated rings. The Labute approximate surface area is 137 Å². The van der Waals surface area contributed by atoms with Crippen molar-refractivity contribution in [3.05, 3.63) is 30.5 Å². The molecule has 0 bridgehead atoms. The molecule has 4 rings (SSSR count). The Morgan fingerprint density at radius 3 is 2.70 bits per heavy atom. The van der Waals surface area contributed by atoms with Crippen LogP contribution >= 0.6 is 0 Å². The Balaban J connectivity index is 1.35. The summed E-state index contributed by atoms with van der Waals surface area (Å²) in [5.74, 6) is 0.849. The highest BCUT2D eigenvalue weighted by atomic mass is 16.5. The van der Waals surface area contributed by atoms with E-state index in [1.54, 1.807) is 0 Å².